The third kappa shape index (κ3) is 4.26. The second-order valence-electron chi connectivity index (χ2n) is 5.89. The second kappa shape index (κ2) is 8.29. The fourth-order valence-electron chi connectivity index (χ4n) is 2.90. The monoisotopic (exact) mass is 465 g/mol. The molecule has 0 aliphatic carbocycles. The van der Waals surface area contributed by atoms with E-state index in [2.05, 4.69) is 31.9 Å². The Hall–Kier alpha value is -2.09. The lowest BCUT2D eigenvalue weighted by molar-refractivity contribution is -0.113. The summed E-state index contributed by atoms with van der Waals surface area (Å²) in [5.74, 6) is 0.243. The lowest BCUT2D eigenvalue weighted by Gasteiger charge is -2.31. The molecule has 0 radical (unpaired) electrons. The summed E-state index contributed by atoms with van der Waals surface area (Å²) in [6.45, 7) is 1.82. The average Bonchev–Trinajstić information content (AvgIpc) is 2.61. The van der Waals surface area contributed by atoms with Crippen LogP contribution in [0.2, 0.25) is 5.02 Å². The molecule has 0 bridgehead atoms. The van der Waals surface area contributed by atoms with Crippen molar-refractivity contribution in [1.29, 1.82) is 0 Å². The van der Waals surface area contributed by atoms with Gasteiger partial charge < -0.3 is 20.7 Å². The molecule has 0 aromatic heterocycles. The Morgan fingerprint density at radius 1 is 1.30 bits per heavy atom. The minimum absolute atomic E-state index is 0.281. The van der Waals surface area contributed by atoms with E-state index in [1.807, 2.05) is 31.2 Å². The maximum Gasteiger partial charge on any atom is 0.255 e. The first kappa shape index (κ1) is 19.7. The molecule has 8 heteroatoms. The minimum Gasteiger partial charge on any atom is -0.495 e. The summed E-state index contributed by atoms with van der Waals surface area (Å²) in [6.07, 6.45) is 0. The molecule has 3 rings (SSSR count). The van der Waals surface area contributed by atoms with Gasteiger partial charge in [-0.1, -0.05) is 45.7 Å². The normalized spacial score (nSPS) is 16.4. The zero-order valence-corrected chi connectivity index (χ0v) is 17.8. The predicted molar refractivity (Wildman–Crippen MR) is 115 cm³/mol. The molecule has 5 nitrogen and oxygen atoms in total. The van der Waals surface area contributed by atoms with Gasteiger partial charge in [0.15, 0.2) is 5.11 Å². The van der Waals surface area contributed by atoms with Gasteiger partial charge in [-0.2, -0.15) is 0 Å². The van der Waals surface area contributed by atoms with Crippen LogP contribution in [0.5, 0.6) is 5.75 Å². The number of carbonyl (C=O) groups is 1. The van der Waals surface area contributed by atoms with Gasteiger partial charge in [0.25, 0.3) is 5.91 Å². The van der Waals surface area contributed by atoms with E-state index in [1.165, 1.54) is 7.11 Å². The maximum atomic E-state index is 13.2. The quantitative estimate of drug-likeness (QED) is 0.577. The maximum absolute atomic E-state index is 13.2. The van der Waals surface area contributed by atoms with E-state index in [1.54, 1.807) is 18.2 Å². The molecular weight excluding hydrogens is 450 g/mol. The van der Waals surface area contributed by atoms with Crippen LogP contribution < -0.4 is 20.7 Å². The first-order valence-corrected chi connectivity index (χ1v) is 9.66. The number of halogens is 2. The highest BCUT2D eigenvalue weighted by molar-refractivity contribution is 9.10. The number of thiocarbonyl (C=S) groups is 1. The van der Waals surface area contributed by atoms with Crippen LogP contribution in [0.4, 0.5) is 5.69 Å². The molecule has 140 valence electrons. The molecule has 1 atom stereocenters. The minimum atomic E-state index is -0.403. The molecular formula is C19H17BrClN3O2S. The van der Waals surface area contributed by atoms with Crippen molar-refractivity contribution in [2.45, 2.75) is 13.0 Å². The molecule has 27 heavy (non-hydrogen) atoms. The highest BCUT2D eigenvalue weighted by atomic mass is 79.9. The van der Waals surface area contributed by atoms with Gasteiger partial charge in [-0.3, -0.25) is 4.79 Å². The fourth-order valence-corrected chi connectivity index (χ4v) is 3.86. The molecule has 2 aromatic carbocycles. The standard InChI is InChI=1S/C19H17BrClN3O2S/c1-10-16(18(25)23-14-9-11(21)7-8-15(14)26-2)17(24-19(27)22-10)12-5-3-4-6-13(12)20/h3-9,17H,1-2H3,(H,23,25)(H2,22,24,27)/t17-/m1/s1. The van der Waals surface area contributed by atoms with Crippen molar-refractivity contribution in [3.63, 3.8) is 0 Å². The molecule has 1 heterocycles. The molecule has 0 saturated carbocycles. The Morgan fingerprint density at radius 2 is 2.04 bits per heavy atom. The molecule has 1 amide bonds. The number of allylic oxidation sites excluding steroid dienone is 1. The van der Waals surface area contributed by atoms with Crippen LogP contribution in [0.25, 0.3) is 0 Å². The Morgan fingerprint density at radius 3 is 2.74 bits per heavy atom. The Balaban J connectivity index is 2.00. The SMILES string of the molecule is COc1ccc(Cl)cc1NC(=O)C1=C(C)NC(=S)N[C@@H]1c1ccccc1Br. The van der Waals surface area contributed by atoms with Crippen molar-refractivity contribution in [3.05, 3.63) is 68.8 Å². The van der Waals surface area contributed by atoms with Crippen molar-refractivity contribution in [3.8, 4) is 5.75 Å². The van der Waals surface area contributed by atoms with E-state index in [-0.39, 0.29) is 5.91 Å². The average molecular weight is 467 g/mol. The van der Waals surface area contributed by atoms with Crippen molar-refractivity contribution in [2.24, 2.45) is 0 Å². The van der Waals surface area contributed by atoms with E-state index >= 15 is 0 Å². The number of ether oxygens (including phenoxy) is 1. The summed E-state index contributed by atoms with van der Waals surface area (Å²) < 4.78 is 6.19. The van der Waals surface area contributed by atoms with Gasteiger partial charge in [0.05, 0.1) is 24.4 Å². The van der Waals surface area contributed by atoms with E-state index in [4.69, 9.17) is 28.6 Å². The predicted octanol–water partition coefficient (Wildman–Crippen LogP) is 4.54. The zero-order valence-electron chi connectivity index (χ0n) is 14.6. The van der Waals surface area contributed by atoms with Crippen LogP contribution in [-0.2, 0) is 4.79 Å². The van der Waals surface area contributed by atoms with Crippen LogP contribution in [0.3, 0.4) is 0 Å². The molecule has 2 aromatic rings. The largest absolute Gasteiger partial charge is 0.495 e. The number of hydrogen-bond donors (Lipinski definition) is 3. The highest BCUT2D eigenvalue weighted by Crippen LogP contribution is 2.34. The van der Waals surface area contributed by atoms with Gasteiger partial charge in [-0.15, -0.1) is 0 Å². The Bertz CT molecular complexity index is 948. The summed E-state index contributed by atoms with van der Waals surface area (Å²) in [5.41, 5.74) is 2.61. The summed E-state index contributed by atoms with van der Waals surface area (Å²) in [6, 6.07) is 12.3. The van der Waals surface area contributed by atoms with Crippen molar-refractivity contribution in [2.75, 3.05) is 12.4 Å². The third-order valence-corrected chi connectivity index (χ3v) is 5.32. The number of anilines is 1. The second-order valence-corrected chi connectivity index (χ2v) is 7.59. The molecule has 0 fully saturated rings. The lowest BCUT2D eigenvalue weighted by Crippen LogP contribution is -2.45. The number of nitrogens with one attached hydrogen (secondary N) is 3. The van der Waals surface area contributed by atoms with Crippen LogP contribution in [-0.4, -0.2) is 18.1 Å². The summed E-state index contributed by atoms with van der Waals surface area (Å²) >= 11 is 14.9. The topological polar surface area (TPSA) is 62.4 Å². The van der Waals surface area contributed by atoms with Crippen molar-refractivity contribution < 1.29 is 9.53 Å². The summed E-state index contributed by atoms with van der Waals surface area (Å²) in [4.78, 5) is 13.2. The van der Waals surface area contributed by atoms with Gasteiger partial charge >= 0.3 is 0 Å². The van der Waals surface area contributed by atoms with E-state index < -0.39 is 6.04 Å². The summed E-state index contributed by atoms with van der Waals surface area (Å²) in [7, 11) is 1.54. The smallest absolute Gasteiger partial charge is 0.255 e. The number of rotatable bonds is 4. The van der Waals surface area contributed by atoms with E-state index in [0.717, 1.165) is 10.0 Å². The number of methoxy groups -OCH3 is 1. The van der Waals surface area contributed by atoms with Gasteiger partial charge in [0.2, 0.25) is 0 Å². The van der Waals surface area contributed by atoms with Gasteiger partial charge in [-0.25, -0.2) is 0 Å². The fraction of sp³-hybridized carbons (Fsp3) is 0.158. The Labute approximate surface area is 176 Å². The highest BCUT2D eigenvalue weighted by Gasteiger charge is 2.31. The number of carbonyl (C=O) groups excluding carboxylic acids is 1. The van der Waals surface area contributed by atoms with Crippen LogP contribution in [0.1, 0.15) is 18.5 Å². The first-order valence-electron chi connectivity index (χ1n) is 8.08. The van der Waals surface area contributed by atoms with Gasteiger partial charge in [-0.05, 0) is 49.0 Å². The first-order chi connectivity index (χ1) is 12.9. The van der Waals surface area contributed by atoms with Crippen LogP contribution in [0.15, 0.2) is 58.2 Å². The number of hydrogen-bond acceptors (Lipinski definition) is 3. The molecule has 0 unspecified atom stereocenters. The van der Waals surface area contributed by atoms with E-state index in [0.29, 0.717) is 32.8 Å². The van der Waals surface area contributed by atoms with Gasteiger partial charge in [0.1, 0.15) is 5.75 Å². The molecule has 1 aliphatic rings. The van der Waals surface area contributed by atoms with Crippen LogP contribution in [0, 0.1) is 0 Å². The van der Waals surface area contributed by atoms with Crippen molar-refractivity contribution in [1.82, 2.24) is 10.6 Å². The number of amides is 1. The molecule has 0 saturated heterocycles. The zero-order chi connectivity index (χ0) is 19.6. The number of benzene rings is 2. The Kier molecular flexibility index (Phi) is 6.04. The molecule has 0 spiro atoms. The molecule has 1 aliphatic heterocycles. The lowest BCUT2D eigenvalue weighted by atomic mass is 9.95. The van der Waals surface area contributed by atoms with Crippen LogP contribution >= 0.6 is 39.7 Å². The third-order valence-electron chi connectivity index (χ3n) is 4.14. The summed E-state index contributed by atoms with van der Waals surface area (Å²) in [5, 5.41) is 10.1. The van der Waals surface area contributed by atoms with Gasteiger partial charge in [0, 0.05) is 15.2 Å². The van der Waals surface area contributed by atoms with Crippen molar-refractivity contribution >= 4 is 56.5 Å². The van der Waals surface area contributed by atoms with E-state index in [9.17, 15) is 4.79 Å². The molecule has 3 N–H and O–H groups in total.